The van der Waals surface area contributed by atoms with Gasteiger partial charge in [0.25, 0.3) is 11.8 Å². The van der Waals surface area contributed by atoms with E-state index in [1.165, 1.54) is 24.3 Å². The summed E-state index contributed by atoms with van der Waals surface area (Å²) in [5, 5.41) is 0. The van der Waals surface area contributed by atoms with Gasteiger partial charge in [-0.25, -0.2) is 4.39 Å². The number of ether oxygens (including phenoxy) is 1. The molecule has 0 saturated heterocycles. The minimum absolute atomic E-state index is 0.121. The van der Waals surface area contributed by atoms with Gasteiger partial charge in [-0.15, -0.1) is 0 Å². The van der Waals surface area contributed by atoms with Crippen molar-refractivity contribution in [2.45, 2.75) is 26.2 Å². The number of halogens is 1. The zero-order valence-electron chi connectivity index (χ0n) is 14.4. The molecule has 0 radical (unpaired) electrons. The lowest BCUT2D eigenvalue weighted by molar-refractivity contribution is -0.123. The van der Waals surface area contributed by atoms with Gasteiger partial charge in [0, 0.05) is 5.56 Å². The van der Waals surface area contributed by atoms with Crippen molar-refractivity contribution in [3.8, 4) is 5.75 Å². The minimum Gasteiger partial charge on any atom is -0.483 e. The number of nitrogens with one attached hydrogen (secondary N) is 2. The van der Waals surface area contributed by atoms with Crippen molar-refractivity contribution in [2.24, 2.45) is 0 Å². The first-order valence-corrected chi connectivity index (χ1v) is 7.84. The molecule has 0 unspecified atom stereocenters. The summed E-state index contributed by atoms with van der Waals surface area (Å²) in [6.45, 7) is 5.92. The smallest absolute Gasteiger partial charge is 0.276 e. The standard InChI is InChI=1S/C19H21FN2O3/c1-19(2,3)15-6-4-5-7-16(15)25-12-17(23)21-22-18(24)13-8-10-14(20)11-9-13/h4-11H,12H2,1-3H3,(H,21,23)(H,22,24). The number of benzene rings is 2. The topological polar surface area (TPSA) is 67.4 Å². The summed E-state index contributed by atoms with van der Waals surface area (Å²) in [5.74, 6) is -0.857. The van der Waals surface area contributed by atoms with Crippen LogP contribution in [-0.4, -0.2) is 18.4 Å². The fraction of sp³-hybridized carbons (Fsp3) is 0.263. The highest BCUT2D eigenvalue weighted by Gasteiger charge is 2.19. The van der Waals surface area contributed by atoms with Gasteiger partial charge in [0.05, 0.1) is 0 Å². The lowest BCUT2D eigenvalue weighted by Gasteiger charge is -2.22. The Morgan fingerprint density at radius 1 is 1.00 bits per heavy atom. The largest absolute Gasteiger partial charge is 0.483 e. The van der Waals surface area contributed by atoms with Crippen LogP contribution in [0.5, 0.6) is 5.75 Å². The first-order chi connectivity index (χ1) is 11.8. The molecule has 2 amide bonds. The number of rotatable bonds is 4. The van der Waals surface area contributed by atoms with E-state index < -0.39 is 17.6 Å². The van der Waals surface area contributed by atoms with Gasteiger partial charge in [-0.2, -0.15) is 0 Å². The molecule has 0 heterocycles. The minimum atomic E-state index is -0.538. The number of hydrogen-bond donors (Lipinski definition) is 2. The highest BCUT2D eigenvalue weighted by molar-refractivity contribution is 5.95. The second kappa shape index (κ2) is 7.79. The van der Waals surface area contributed by atoms with Gasteiger partial charge in [0.2, 0.25) is 0 Å². The SMILES string of the molecule is CC(C)(C)c1ccccc1OCC(=O)NNC(=O)c1ccc(F)cc1. The van der Waals surface area contributed by atoms with Crippen molar-refractivity contribution in [3.63, 3.8) is 0 Å². The molecule has 6 heteroatoms. The first kappa shape index (κ1) is 18.4. The molecule has 2 aromatic rings. The van der Waals surface area contributed by atoms with Gasteiger partial charge >= 0.3 is 0 Å². The summed E-state index contributed by atoms with van der Waals surface area (Å²) in [4.78, 5) is 23.7. The van der Waals surface area contributed by atoms with Gasteiger partial charge in [0.1, 0.15) is 11.6 Å². The molecule has 0 aliphatic rings. The zero-order valence-corrected chi connectivity index (χ0v) is 14.4. The van der Waals surface area contributed by atoms with Gasteiger partial charge in [-0.3, -0.25) is 20.4 Å². The van der Waals surface area contributed by atoms with E-state index in [1.807, 2.05) is 18.2 Å². The Labute approximate surface area is 146 Å². The van der Waals surface area contributed by atoms with E-state index in [0.29, 0.717) is 5.75 Å². The maximum Gasteiger partial charge on any atom is 0.276 e. The number of carbonyl (C=O) groups is 2. The molecule has 2 aromatic carbocycles. The van der Waals surface area contributed by atoms with Gasteiger partial charge in [-0.05, 0) is 41.3 Å². The van der Waals surface area contributed by atoms with E-state index in [4.69, 9.17) is 4.74 Å². The van der Waals surface area contributed by atoms with Crippen molar-refractivity contribution < 1.29 is 18.7 Å². The third-order valence-corrected chi connectivity index (χ3v) is 3.48. The monoisotopic (exact) mass is 344 g/mol. The van der Waals surface area contributed by atoms with E-state index in [2.05, 4.69) is 31.6 Å². The molecule has 0 fully saturated rings. The summed E-state index contributed by atoms with van der Waals surface area (Å²) in [5.41, 5.74) is 5.63. The van der Waals surface area contributed by atoms with Crippen molar-refractivity contribution in [1.82, 2.24) is 10.9 Å². The fourth-order valence-electron chi connectivity index (χ4n) is 2.19. The Hall–Kier alpha value is -2.89. The molecule has 0 aliphatic carbocycles. The van der Waals surface area contributed by atoms with E-state index in [-0.39, 0.29) is 17.6 Å². The van der Waals surface area contributed by atoms with Crippen LogP contribution in [0.2, 0.25) is 0 Å². The van der Waals surface area contributed by atoms with Crippen LogP contribution in [0.1, 0.15) is 36.7 Å². The Kier molecular flexibility index (Phi) is 5.75. The summed E-state index contributed by atoms with van der Waals surface area (Å²) < 4.78 is 18.4. The third-order valence-electron chi connectivity index (χ3n) is 3.48. The molecule has 2 N–H and O–H groups in total. The van der Waals surface area contributed by atoms with Crippen LogP contribution in [0, 0.1) is 5.82 Å². The summed E-state index contributed by atoms with van der Waals surface area (Å²) >= 11 is 0. The molecule has 132 valence electrons. The Balaban J connectivity index is 1.87. The van der Waals surface area contributed by atoms with Crippen molar-refractivity contribution >= 4 is 11.8 Å². The van der Waals surface area contributed by atoms with Crippen LogP contribution in [0.4, 0.5) is 4.39 Å². The van der Waals surface area contributed by atoms with E-state index in [0.717, 1.165) is 5.56 Å². The molecule has 0 aliphatic heterocycles. The van der Waals surface area contributed by atoms with Gasteiger partial charge < -0.3 is 4.74 Å². The number of carbonyl (C=O) groups excluding carboxylic acids is 2. The molecule has 0 spiro atoms. The van der Waals surface area contributed by atoms with Crippen molar-refractivity contribution in [1.29, 1.82) is 0 Å². The van der Waals surface area contributed by atoms with Crippen LogP contribution in [0.15, 0.2) is 48.5 Å². The lowest BCUT2D eigenvalue weighted by atomic mass is 9.86. The van der Waals surface area contributed by atoms with Gasteiger partial charge in [-0.1, -0.05) is 39.0 Å². The van der Waals surface area contributed by atoms with Crippen LogP contribution in [0.3, 0.4) is 0 Å². The molecule has 0 bridgehead atoms. The normalized spacial score (nSPS) is 10.9. The van der Waals surface area contributed by atoms with Crippen LogP contribution >= 0.6 is 0 Å². The quantitative estimate of drug-likeness (QED) is 0.838. The van der Waals surface area contributed by atoms with Crippen LogP contribution in [-0.2, 0) is 10.2 Å². The molecule has 0 aromatic heterocycles. The van der Waals surface area contributed by atoms with Crippen molar-refractivity contribution in [2.75, 3.05) is 6.61 Å². The predicted molar refractivity (Wildman–Crippen MR) is 92.6 cm³/mol. The highest BCUT2D eigenvalue weighted by Crippen LogP contribution is 2.30. The molecular formula is C19H21FN2O3. The third kappa shape index (κ3) is 5.31. The molecule has 25 heavy (non-hydrogen) atoms. The summed E-state index contributed by atoms with van der Waals surface area (Å²) in [6.07, 6.45) is 0. The summed E-state index contributed by atoms with van der Waals surface area (Å²) in [6, 6.07) is 12.5. The molecule has 5 nitrogen and oxygen atoms in total. The second-order valence-electron chi connectivity index (χ2n) is 6.54. The highest BCUT2D eigenvalue weighted by atomic mass is 19.1. The molecule has 0 saturated carbocycles. The molecular weight excluding hydrogens is 323 g/mol. The lowest BCUT2D eigenvalue weighted by Crippen LogP contribution is -2.43. The Morgan fingerprint density at radius 3 is 2.28 bits per heavy atom. The van der Waals surface area contributed by atoms with Gasteiger partial charge in [0.15, 0.2) is 6.61 Å². The zero-order chi connectivity index (χ0) is 18.4. The average Bonchev–Trinajstić information content (AvgIpc) is 2.58. The van der Waals surface area contributed by atoms with Crippen LogP contribution in [0.25, 0.3) is 0 Å². The first-order valence-electron chi connectivity index (χ1n) is 7.84. The molecule has 0 atom stereocenters. The molecule has 2 rings (SSSR count). The fourth-order valence-corrected chi connectivity index (χ4v) is 2.19. The maximum atomic E-state index is 12.8. The predicted octanol–water partition coefficient (Wildman–Crippen LogP) is 2.96. The van der Waals surface area contributed by atoms with Crippen molar-refractivity contribution in [3.05, 3.63) is 65.5 Å². The number of hydrogen-bond acceptors (Lipinski definition) is 3. The average molecular weight is 344 g/mol. The number of hydrazine groups is 1. The number of amides is 2. The Bertz CT molecular complexity index is 752. The Morgan fingerprint density at radius 2 is 1.64 bits per heavy atom. The van der Waals surface area contributed by atoms with E-state index in [9.17, 15) is 14.0 Å². The van der Waals surface area contributed by atoms with E-state index in [1.54, 1.807) is 6.07 Å². The second-order valence-corrected chi connectivity index (χ2v) is 6.54. The van der Waals surface area contributed by atoms with Crippen LogP contribution < -0.4 is 15.6 Å². The summed E-state index contributed by atoms with van der Waals surface area (Å²) in [7, 11) is 0. The number of para-hydroxylation sites is 1. The van der Waals surface area contributed by atoms with E-state index >= 15 is 0 Å². The maximum absolute atomic E-state index is 12.8.